The molecule has 3 aromatic carbocycles. The van der Waals surface area contributed by atoms with Crippen LogP contribution in [0.15, 0.2) is 85.1 Å². The van der Waals surface area contributed by atoms with Crippen LogP contribution in [0.5, 0.6) is 17.2 Å². The van der Waals surface area contributed by atoms with Crippen molar-refractivity contribution in [1.82, 2.24) is 14.5 Å². The first kappa shape index (κ1) is 29.2. The van der Waals surface area contributed by atoms with Gasteiger partial charge < -0.3 is 24.3 Å². The maximum atomic E-state index is 13.1. The van der Waals surface area contributed by atoms with E-state index in [-0.39, 0.29) is 17.4 Å². The minimum Gasteiger partial charge on any atom is -0.508 e. The molecule has 2 N–H and O–H groups in total. The zero-order chi connectivity index (χ0) is 29.4. The number of aryl methyl sites for hydroxylation is 1. The topological polar surface area (TPSA) is 114 Å². The van der Waals surface area contributed by atoms with E-state index >= 15 is 0 Å². The zero-order valence-electron chi connectivity index (χ0n) is 23.4. The highest BCUT2D eigenvalue weighted by Crippen LogP contribution is 2.30. The second-order valence-electron chi connectivity index (χ2n) is 10.2. The lowest BCUT2D eigenvalue weighted by Gasteiger charge is -2.31. The molecular formula is C32H35N3O6. The van der Waals surface area contributed by atoms with Gasteiger partial charge in [-0.1, -0.05) is 56.3 Å². The highest BCUT2D eigenvalue weighted by atomic mass is 16.6. The Bertz CT molecular complexity index is 1430. The van der Waals surface area contributed by atoms with Crippen molar-refractivity contribution in [3.8, 4) is 28.5 Å². The third-order valence-electron chi connectivity index (χ3n) is 6.55. The van der Waals surface area contributed by atoms with Crippen LogP contribution < -0.4 is 9.47 Å². The Kier molecular flexibility index (Phi) is 9.63. The van der Waals surface area contributed by atoms with Gasteiger partial charge in [0.25, 0.3) is 0 Å². The number of carboxylic acid groups (broad SMARTS) is 1. The molecule has 0 aliphatic carbocycles. The van der Waals surface area contributed by atoms with Gasteiger partial charge in [-0.05, 0) is 54.3 Å². The normalized spacial score (nSPS) is 11.7. The molecule has 1 atom stereocenters. The third-order valence-corrected chi connectivity index (χ3v) is 6.55. The summed E-state index contributed by atoms with van der Waals surface area (Å²) in [6.07, 6.45) is 2.37. The van der Waals surface area contributed by atoms with Gasteiger partial charge in [0.05, 0.1) is 18.3 Å². The number of benzene rings is 3. The zero-order valence-corrected chi connectivity index (χ0v) is 23.4. The number of phenolic OH excluding ortho intramolecular Hbond substituents is 1. The second-order valence-corrected chi connectivity index (χ2v) is 10.2. The number of imidazole rings is 1. The maximum absolute atomic E-state index is 13.1. The molecule has 0 saturated heterocycles. The van der Waals surface area contributed by atoms with E-state index in [0.717, 1.165) is 22.6 Å². The number of aliphatic carboxylic acids is 1. The summed E-state index contributed by atoms with van der Waals surface area (Å²) in [5.74, 6) is 0.834. The lowest BCUT2D eigenvalue weighted by atomic mass is 9.95. The fourth-order valence-corrected chi connectivity index (χ4v) is 4.54. The molecule has 0 fully saturated rings. The van der Waals surface area contributed by atoms with E-state index in [1.165, 1.54) is 29.2 Å². The van der Waals surface area contributed by atoms with E-state index in [1.54, 1.807) is 0 Å². The monoisotopic (exact) mass is 557 g/mol. The summed E-state index contributed by atoms with van der Waals surface area (Å²) in [6.45, 7) is 3.92. The third kappa shape index (κ3) is 8.11. The largest absolute Gasteiger partial charge is 0.508 e. The highest BCUT2D eigenvalue weighted by Gasteiger charge is 2.29. The van der Waals surface area contributed by atoms with Gasteiger partial charge >= 0.3 is 12.1 Å². The first-order chi connectivity index (χ1) is 19.7. The molecule has 0 unspecified atom stereocenters. The van der Waals surface area contributed by atoms with Gasteiger partial charge in [0, 0.05) is 25.2 Å². The fourth-order valence-electron chi connectivity index (χ4n) is 4.54. The van der Waals surface area contributed by atoms with Crippen molar-refractivity contribution in [2.75, 3.05) is 13.2 Å². The summed E-state index contributed by atoms with van der Waals surface area (Å²) in [7, 11) is 1.97. The van der Waals surface area contributed by atoms with Crippen molar-refractivity contribution in [2.24, 2.45) is 13.0 Å². The average Bonchev–Trinajstić information content (AvgIpc) is 3.32. The summed E-state index contributed by atoms with van der Waals surface area (Å²) in [5, 5.41) is 19.1. The molecule has 1 amide bonds. The predicted molar refractivity (Wildman–Crippen MR) is 155 cm³/mol. The number of aromatic nitrogens is 2. The quantitative estimate of drug-likeness (QED) is 0.217. The minimum absolute atomic E-state index is 0.0315. The molecule has 4 rings (SSSR count). The standard InChI is InChI=1S/C32H35N3O6/c1-22(2)19-29(35(21-31(37)38)32(39)41-27-15-11-25(36)12-16-27)24-9-13-26(14-10-24)40-18-17-30-33-28(20-34(30)3)23-7-5-4-6-8-23/h4-16,20,22,29,36H,17-19,21H2,1-3H3,(H,37,38)/t29-/m0/s1. The summed E-state index contributed by atoms with van der Waals surface area (Å²) in [5.41, 5.74) is 2.75. The molecule has 0 saturated carbocycles. The maximum Gasteiger partial charge on any atom is 0.416 e. The SMILES string of the molecule is CC(C)C[C@@H](c1ccc(OCCc2nc(-c3ccccc3)cn2C)cc1)N(CC(=O)O)C(=O)Oc1ccc(O)cc1. The lowest BCUT2D eigenvalue weighted by molar-refractivity contribution is -0.138. The smallest absolute Gasteiger partial charge is 0.416 e. The van der Waals surface area contributed by atoms with Gasteiger partial charge in [-0.3, -0.25) is 9.69 Å². The highest BCUT2D eigenvalue weighted by molar-refractivity contribution is 5.78. The number of nitrogens with zero attached hydrogens (tertiary/aromatic N) is 3. The second kappa shape index (κ2) is 13.5. The number of ether oxygens (including phenoxy) is 2. The molecule has 4 aromatic rings. The summed E-state index contributed by atoms with van der Waals surface area (Å²) in [4.78, 5) is 30.8. The summed E-state index contributed by atoms with van der Waals surface area (Å²) < 4.78 is 13.4. The molecule has 41 heavy (non-hydrogen) atoms. The van der Waals surface area contributed by atoms with Gasteiger partial charge in [0.15, 0.2) is 0 Å². The predicted octanol–water partition coefficient (Wildman–Crippen LogP) is 6.09. The van der Waals surface area contributed by atoms with Crippen LogP contribution in [-0.2, 0) is 18.3 Å². The Morgan fingerprint density at radius 1 is 0.951 bits per heavy atom. The Labute approximate surface area is 239 Å². The van der Waals surface area contributed by atoms with E-state index in [2.05, 4.69) is 0 Å². The number of carbonyl (C=O) groups is 2. The molecule has 9 nitrogen and oxygen atoms in total. The van der Waals surface area contributed by atoms with Crippen molar-refractivity contribution in [3.05, 3.63) is 96.4 Å². The Balaban J connectivity index is 1.44. The van der Waals surface area contributed by atoms with Crippen molar-refractivity contribution in [2.45, 2.75) is 32.7 Å². The molecule has 0 aliphatic rings. The van der Waals surface area contributed by atoms with Crippen molar-refractivity contribution >= 4 is 12.1 Å². The van der Waals surface area contributed by atoms with Crippen LogP contribution in [0.4, 0.5) is 4.79 Å². The number of hydrogen-bond donors (Lipinski definition) is 2. The van der Waals surface area contributed by atoms with Gasteiger partial charge in [0.1, 0.15) is 29.6 Å². The number of phenols is 1. The van der Waals surface area contributed by atoms with Gasteiger partial charge in [-0.25, -0.2) is 9.78 Å². The van der Waals surface area contributed by atoms with Crippen LogP contribution in [0.25, 0.3) is 11.3 Å². The fraction of sp³-hybridized carbons (Fsp3) is 0.281. The molecule has 1 aromatic heterocycles. The van der Waals surface area contributed by atoms with Crippen LogP contribution in [0.2, 0.25) is 0 Å². The van der Waals surface area contributed by atoms with Gasteiger partial charge in [0.2, 0.25) is 0 Å². The molecule has 1 heterocycles. The van der Waals surface area contributed by atoms with Crippen LogP contribution >= 0.6 is 0 Å². The molecule has 0 spiro atoms. The Morgan fingerprint density at radius 3 is 2.24 bits per heavy atom. The number of rotatable bonds is 12. The molecule has 9 heteroatoms. The van der Waals surface area contributed by atoms with Crippen molar-refractivity contribution in [1.29, 1.82) is 0 Å². The van der Waals surface area contributed by atoms with Crippen LogP contribution in [0.1, 0.15) is 37.7 Å². The number of amides is 1. The van der Waals surface area contributed by atoms with E-state index in [4.69, 9.17) is 14.5 Å². The van der Waals surface area contributed by atoms with Crippen LogP contribution in [0.3, 0.4) is 0 Å². The van der Waals surface area contributed by atoms with E-state index in [1.807, 2.05) is 86.3 Å². The first-order valence-electron chi connectivity index (χ1n) is 13.5. The molecule has 0 bridgehead atoms. The molecule has 0 radical (unpaired) electrons. The summed E-state index contributed by atoms with van der Waals surface area (Å²) in [6, 6.07) is 22.5. The van der Waals surface area contributed by atoms with Crippen LogP contribution in [-0.4, -0.2) is 49.9 Å². The van der Waals surface area contributed by atoms with Crippen molar-refractivity contribution in [3.63, 3.8) is 0 Å². The summed E-state index contributed by atoms with van der Waals surface area (Å²) >= 11 is 0. The van der Waals surface area contributed by atoms with Gasteiger partial charge in [-0.2, -0.15) is 0 Å². The minimum atomic E-state index is -1.15. The lowest BCUT2D eigenvalue weighted by Crippen LogP contribution is -2.41. The Morgan fingerprint density at radius 2 is 1.61 bits per heavy atom. The van der Waals surface area contributed by atoms with E-state index < -0.39 is 24.6 Å². The molecule has 0 aliphatic heterocycles. The number of aromatic hydroxyl groups is 1. The number of carboxylic acids is 1. The van der Waals surface area contributed by atoms with Crippen molar-refractivity contribution < 1.29 is 29.3 Å². The Hall–Kier alpha value is -4.79. The number of carbonyl (C=O) groups excluding carboxylic acids is 1. The van der Waals surface area contributed by atoms with Gasteiger partial charge in [-0.15, -0.1) is 0 Å². The van der Waals surface area contributed by atoms with E-state index in [9.17, 15) is 19.8 Å². The number of hydrogen-bond acceptors (Lipinski definition) is 6. The first-order valence-corrected chi connectivity index (χ1v) is 13.5. The molecule has 214 valence electrons. The van der Waals surface area contributed by atoms with Crippen LogP contribution in [0, 0.1) is 5.92 Å². The molecular weight excluding hydrogens is 522 g/mol. The van der Waals surface area contributed by atoms with E-state index in [0.29, 0.717) is 25.2 Å². The average molecular weight is 558 g/mol.